The van der Waals surface area contributed by atoms with E-state index in [9.17, 15) is 4.79 Å². The number of benzene rings is 1. The zero-order valence-corrected chi connectivity index (χ0v) is 21.9. The predicted molar refractivity (Wildman–Crippen MR) is 145 cm³/mol. The number of halogens is 1. The lowest BCUT2D eigenvalue weighted by atomic mass is 10.1. The van der Waals surface area contributed by atoms with Crippen molar-refractivity contribution in [2.24, 2.45) is 4.99 Å². The molecule has 0 aliphatic carbocycles. The highest BCUT2D eigenvalue weighted by Crippen LogP contribution is 2.36. The number of piperazine rings is 1. The Balaban J connectivity index is 1.19. The maximum atomic E-state index is 15.6. The SMILES string of the molecule is CCn1c2c3c(cc(CN4CCN(C5=C(C)N([C@@H]6CCN(C)C6)CC=C5)CC4)c(F)c3nc1=O)NC=N2. The summed E-state index contributed by atoms with van der Waals surface area (Å²) in [7, 11) is 2.20. The van der Waals surface area contributed by atoms with Crippen molar-refractivity contribution in [2.45, 2.75) is 39.4 Å². The number of allylic oxidation sites excluding steroid dienone is 2. The molecule has 2 fully saturated rings. The third-order valence-electron chi connectivity index (χ3n) is 8.25. The van der Waals surface area contributed by atoms with Gasteiger partial charge in [0, 0.05) is 69.7 Å². The molecule has 2 aromatic rings. The summed E-state index contributed by atoms with van der Waals surface area (Å²) >= 11 is 0. The Labute approximate surface area is 216 Å². The summed E-state index contributed by atoms with van der Waals surface area (Å²) in [6.07, 6.45) is 7.33. The molecular weight excluding hydrogens is 471 g/mol. The fraction of sp³-hybridized carbons (Fsp3) is 0.519. The molecule has 37 heavy (non-hydrogen) atoms. The molecule has 10 heteroatoms. The lowest BCUT2D eigenvalue weighted by molar-refractivity contribution is 0.148. The van der Waals surface area contributed by atoms with Crippen LogP contribution in [0.3, 0.4) is 0 Å². The summed E-state index contributed by atoms with van der Waals surface area (Å²) in [6.45, 7) is 11.8. The number of likely N-dealkylation sites (tertiary alicyclic amines) is 1. The van der Waals surface area contributed by atoms with Crippen LogP contribution < -0.4 is 11.0 Å². The van der Waals surface area contributed by atoms with Crippen LogP contribution in [-0.2, 0) is 13.1 Å². The number of nitrogens with zero attached hydrogens (tertiary/aromatic N) is 7. The number of likely N-dealkylation sites (N-methyl/N-ethyl adjacent to an activating group) is 1. The fourth-order valence-corrected chi connectivity index (χ4v) is 6.22. The third kappa shape index (κ3) is 4.21. The van der Waals surface area contributed by atoms with Crippen LogP contribution in [0.25, 0.3) is 10.9 Å². The van der Waals surface area contributed by atoms with Crippen molar-refractivity contribution in [2.75, 3.05) is 58.2 Å². The van der Waals surface area contributed by atoms with Crippen molar-refractivity contribution in [1.29, 1.82) is 0 Å². The van der Waals surface area contributed by atoms with E-state index >= 15 is 4.39 Å². The molecule has 0 spiro atoms. The second kappa shape index (κ2) is 9.57. The van der Waals surface area contributed by atoms with E-state index in [1.807, 2.05) is 13.0 Å². The summed E-state index contributed by atoms with van der Waals surface area (Å²) in [4.78, 5) is 30.7. The molecule has 1 aromatic heterocycles. The predicted octanol–water partition coefficient (Wildman–Crippen LogP) is 2.57. The van der Waals surface area contributed by atoms with Gasteiger partial charge in [0.15, 0.2) is 5.82 Å². The zero-order valence-electron chi connectivity index (χ0n) is 21.9. The quantitative estimate of drug-likeness (QED) is 0.668. The summed E-state index contributed by atoms with van der Waals surface area (Å²) in [5.74, 6) is 0.0420. The van der Waals surface area contributed by atoms with Crippen LogP contribution in [0.1, 0.15) is 25.8 Å². The smallest absolute Gasteiger partial charge is 0.349 e. The first-order valence-electron chi connectivity index (χ1n) is 13.3. The normalized spacial score (nSPS) is 22.4. The molecular formula is C27H35FN8O. The average Bonchev–Trinajstić information content (AvgIpc) is 3.33. The van der Waals surface area contributed by atoms with E-state index in [0.717, 1.165) is 51.5 Å². The van der Waals surface area contributed by atoms with Crippen LogP contribution in [0.5, 0.6) is 0 Å². The Bertz CT molecular complexity index is 1370. The molecule has 1 aromatic carbocycles. The molecule has 4 aliphatic rings. The third-order valence-corrected chi connectivity index (χ3v) is 8.25. The molecule has 2 saturated heterocycles. The van der Waals surface area contributed by atoms with Crippen LogP contribution >= 0.6 is 0 Å². The van der Waals surface area contributed by atoms with Gasteiger partial charge in [0.2, 0.25) is 0 Å². The van der Waals surface area contributed by atoms with E-state index in [4.69, 9.17) is 0 Å². The van der Waals surface area contributed by atoms with Crippen molar-refractivity contribution in [1.82, 2.24) is 29.2 Å². The Morgan fingerprint density at radius 3 is 2.73 bits per heavy atom. The second-order valence-corrected chi connectivity index (χ2v) is 10.5. The summed E-state index contributed by atoms with van der Waals surface area (Å²) < 4.78 is 17.1. The molecule has 0 amide bonds. The Morgan fingerprint density at radius 1 is 1.19 bits per heavy atom. The van der Waals surface area contributed by atoms with Crippen LogP contribution in [-0.4, -0.2) is 94.4 Å². The van der Waals surface area contributed by atoms with Gasteiger partial charge >= 0.3 is 5.69 Å². The number of hydrogen-bond donors (Lipinski definition) is 1. The molecule has 0 bridgehead atoms. The van der Waals surface area contributed by atoms with Gasteiger partial charge in [-0.1, -0.05) is 6.08 Å². The van der Waals surface area contributed by atoms with Gasteiger partial charge in [0.25, 0.3) is 0 Å². The van der Waals surface area contributed by atoms with Gasteiger partial charge in [-0.25, -0.2) is 14.2 Å². The van der Waals surface area contributed by atoms with Crippen molar-refractivity contribution in [3.8, 4) is 0 Å². The highest BCUT2D eigenvalue weighted by atomic mass is 19.1. The lowest BCUT2D eigenvalue weighted by Crippen LogP contribution is -2.47. The van der Waals surface area contributed by atoms with E-state index in [1.54, 1.807) is 6.34 Å². The molecule has 6 rings (SSSR count). The molecule has 5 heterocycles. The Morgan fingerprint density at radius 2 is 2.00 bits per heavy atom. The highest BCUT2D eigenvalue weighted by Gasteiger charge is 2.30. The highest BCUT2D eigenvalue weighted by molar-refractivity contribution is 6.06. The van der Waals surface area contributed by atoms with E-state index in [-0.39, 0.29) is 5.52 Å². The van der Waals surface area contributed by atoms with E-state index < -0.39 is 11.5 Å². The lowest BCUT2D eigenvalue weighted by Gasteiger charge is -2.41. The number of anilines is 1. The minimum Gasteiger partial charge on any atom is -0.368 e. The first-order chi connectivity index (χ1) is 17.9. The maximum Gasteiger partial charge on any atom is 0.349 e. The number of rotatable bonds is 5. The standard InChI is InChI=1S/C27H35FN8O/c1-4-35-26-23-21(29-17-30-26)14-19(24(28)25(23)31-27(35)37)15-33-10-12-34(13-11-33)22-6-5-8-36(18(22)2)20-7-9-32(3)16-20/h5-6,14,17,20H,4,7-13,15-16H2,1-3H3,(H,29,30)/t20-/m1/s1. The monoisotopic (exact) mass is 506 g/mol. The number of aromatic nitrogens is 2. The van der Waals surface area contributed by atoms with Crippen molar-refractivity contribution < 1.29 is 4.39 Å². The zero-order chi connectivity index (χ0) is 25.7. The van der Waals surface area contributed by atoms with Gasteiger partial charge in [-0.2, -0.15) is 4.98 Å². The van der Waals surface area contributed by atoms with Crippen molar-refractivity contribution in [3.05, 3.63) is 51.5 Å². The van der Waals surface area contributed by atoms with Gasteiger partial charge in [-0.3, -0.25) is 9.47 Å². The molecule has 9 nitrogen and oxygen atoms in total. The Kier molecular flexibility index (Phi) is 6.24. The summed E-state index contributed by atoms with van der Waals surface area (Å²) in [6, 6.07) is 2.43. The molecule has 1 N–H and O–H groups in total. The first kappa shape index (κ1) is 24.1. The minimum absolute atomic E-state index is 0.103. The second-order valence-electron chi connectivity index (χ2n) is 10.5. The maximum absolute atomic E-state index is 15.6. The van der Waals surface area contributed by atoms with Gasteiger partial charge < -0.3 is 20.0 Å². The Hall–Kier alpha value is -3.24. The van der Waals surface area contributed by atoms with Gasteiger partial charge in [-0.05, 0) is 46.0 Å². The summed E-state index contributed by atoms with van der Waals surface area (Å²) in [5, 5.41) is 3.69. The van der Waals surface area contributed by atoms with Crippen LogP contribution in [0, 0.1) is 5.82 Å². The number of nitrogens with one attached hydrogen (secondary N) is 1. The number of hydrogen-bond acceptors (Lipinski definition) is 8. The van der Waals surface area contributed by atoms with E-state index in [1.165, 1.54) is 22.4 Å². The van der Waals surface area contributed by atoms with Crippen molar-refractivity contribution in [3.63, 3.8) is 0 Å². The molecule has 0 unspecified atom stereocenters. The van der Waals surface area contributed by atoms with E-state index in [0.29, 0.717) is 35.9 Å². The molecule has 0 radical (unpaired) electrons. The molecule has 1 atom stereocenters. The largest absolute Gasteiger partial charge is 0.368 e. The molecule has 0 saturated carbocycles. The van der Waals surface area contributed by atoms with Gasteiger partial charge in [0.05, 0.1) is 23.1 Å². The number of aliphatic imine (C=N–C) groups is 1. The summed E-state index contributed by atoms with van der Waals surface area (Å²) in [5.41, 5.74) is 3.61. The molecule has 4 aliphatic heterocycles. The van der Waals surface area contributed by atoms with Crippen molar-refractivity contribution >= 4 is 28.7 Å². The molecule has 196 valence electrons. The van der Waals surface area contributed by atoms with Crippen LogP contribution in [0.15, 0.2) is 39.4 Å². The topological polar surface area (TPSA) is 72.2 Å². The van der Waals surface area contributed by atoms with Crippen LogP contribution in [0.4, 0.5) is 15.9 Å². The van der Waals surface area contributed by atoms with Gasteiger partial charge in [-0.15, -0.1) is 0 Å². The average molecular weight is 507 g/mol. The minimum atomic E-state index is -0.470. The van der Waals surface area contributed by atoms with E-state index in [2.05, 4.69) is 61.0 Å². The van der Waals surface area contributed by atoms with Gasteiger partial charge in [0.1, 0.15) is 11.3 Å². The first-order valence-corrected chi connectivity index (χ1v) is 13.3. The van der Waals surface area contributed by atoms with Crippen LogP contribution in [0.2, 0.25) is 0 Å². The fourth-order valence-electron chi connectivity index (χ4n) is 6.22.